The summed E-state index contributed by atoms with van der Waals surface area (Å²) in [5.74, 6) is 0. The van der Waals surface area contributed by atoms with Crippen LogP contribution in [0.15, 0.2) is 0 Å². The smallest absolute Gasteiger partial charge is 0.0594 e. The molecule has 0 spiro atoms. The molecule has 0 bridgehead atoms. The molecule has 0 radical (unpaired) electrons. The van der Waals surface area contributed by atoms with Gasteiger partial charge < -0.3 is 15.4 Å². The second-order valence-corrected chi connectivity index (χ2v) is 2.43. The van der Waals surface area contributed by atoms with E-state index >= 15 is 0 Å². The maximum absolute atomic E-state index is 5.27. The van der Waals surface area contributed by atoms with Crippen molar-refractivity contribution in [3.63, 3.8) is 0 Å². The van der Waals surface area contributed by atoms with Crippen LogP contribution in [-0.4, -0.2) is 44.3 Å². The SMILES string of the molecule is CCN(CC)CCOCCN. The quantitative estimate of drug-likeness (QED) is 0.544. The van der Waals surface area contributed by atoms with Gasteiger partial charge in [-0.05, 0) is 13.1 Å². The number of likely N-dealkylation sites (N-methyl/N-ethyl adjacent to an activating group) is 1. The molecule has 0 heterocycles. The van der Waals surface area contributed by atoms with E-state index in [1.165, 1.54) is 0 Å². The normalized spacial score (nSPS) is 10.9. The van der Waals surface area contributed by atoms with Crippen LogP contribution < -0.4 is 5.73 Å². The number of hydrogen-bond acceptors (Lipinski definition) is 3. The number of hydrogen-bond donors (Lipinski definition) is 1. The zero-order chi connectivity index (χ0) is 8.53. The fraction of sp³-hybridized carbons (Fsp3) is 1.00. The van der Waals surface area contributed by atoms with Crippen LogP contribution in [0.1, 0.15) is 13.8 Å². The second-order valence-electron chi connectivity index (χ2n) is 2.43. The first kappa shape index (κ1) is 10.9. The third kappa shape index (κ3) is 6.28. The Kier molecular flexibility index (Phi) is 7.89. The molecule has 68 valence electrons. The predicted molar refractivity (Wildman–Crippen MR) is 47.7 cm³/mol. The Balaban J connectivity index is 3.07. The lowest BCUT2D eigenvalue weighted by Crippen LogP contribution is -2.27. The van der Waals surface area contributed by atoms with Crippen molar-refractivity contribution >= 4 is 0 Å². The summed E-state index contributed by atoms with van der Waals surface area (Å²) in [7, 11) is 0. The molecule has 0 saturated carbocycles. The van der Waals surface area contributed by atoms with Crippen molar-refractivity contribution in [3.8, 4) is 0 Å². The van der Waals surface area contributed by atoms with Crippen LogP contribution in [0.4, 0.5) is 0 Å². The summed E-state index contributed by atoms with van der Waals surface area (Å²) in [5.41, 5.74) is 5.27. The third-order valence-electron chi connectivity index (χ3n) is 1.71. The van der Waals surface area contributed by atoms with E-state index in [0.29, 0.717) is 13.2 Å². The van der Waals surface area contributed by atoms with Crippen molar-refractivity contribution in [1.82, 2.24) is 4.90 Å². The molecular weight excluding hydrogens is 140 g/mol. The highest BCUT2D eigenvalue weighted by Gasteiger charge is 1.96. The van der Waals surface area contributed by atoms with Crippen molar-refractivity contribution in [2.75, 3.05) is 39.4 Å². The van der Waals surface area contributed by atoms with E-state index in [1.807, 2.05) is 0 Å². The average Bonchev–Trinajstić information content (AvgIpc) is 2.05. The highest BCUT2D eigenvalue weighted by Crippen LogP contribution is 1.85. The lowest BCUT2D eigenvalue weighted by molar-refractivity contribution is 0.113. The Morgan fingerprint density at radius 1 is 1.18 bits per heavy atom. The maximum atomic E-state index is 5.27. The molecular formula is C8H20N2O. The summed E-state index contributed by atoms with van der Waals surface area (Å²) >= 11 is 0. The lowest BCUT2D eigenvalue weighted by atomic mass is 10.5. The summed E-state index contributed by atoms with van der Waals surface area (Å²) in [6.45, 7) is 9.65. The van der Waals surface area contributed by atoms with E-state index in [1.54, 1.807) is 0 Å². The third-order valence-corrected chi connectivity index (χ3v) is 1.71. The summed E-state index contributed by atoms with van der Waals surface area (Å²) < 4.78 is 5.25. The van der Waals surface area contributed by atoms with Gasteiger partial charge in [0.05, 0.1) is 13.2 Å². The van der Waals surface area contributed by atoms with E-state index < -0.39 is 0 Å². The number of ether oxygens (including phenoxy) is 1. The largest absolute Gasteiger partial charge is 0.379 e. The van der Waals surface area contributed by atoms with Crippen molar-refractivity contribution < 1.29 is 4.74 Å². The molecule has 0 fully saturated rings. The van der Waals surface area contributed by atoms with Gasteiger partial charge in [0, 0.05) is 13.1 Å². The van der Waals surface area contributed by atoms with E-state index in [2.05, 4.69) is 18.7 Å². The minimum absolute atomic E-state index is 0.623. The first-order valence-electron chi connectivity index (χ1n) is 4.35. The van der Waals surface area contributed by atoms with Crippen LogP contribution in [-0.2, 0) is 4.74 Å². The van der Waals surface area contributed by atoms with Gasteiger partial charge in [0.1, 0.15) is 0 Å². The van der Waals surface area contributed by atoms with Crippen LogP contribution in [0.25, 0.3) is 0 Å². The van der Waals surface area contributed by atoms with Crippen molar-refractivity contribution in [1.29, 1.82) is 0 Å². The molecule has 0 atom stereocenters. The Bertz CT molecular complexity index is 74.5. The molecule has 0 rings (SSSR count). The van der Waals surface area contributed by atoms with Gasteiger partial charge in [-0.2, -0.15) is 0 Å². The van der Waals surface area contributed by atoms with Crippen LogP contribution >= 0.6 is 0 Å². The minimum Gasteiger partial charge on any atom is -0.379 e. The molecule has 0 aromatic heterocycles. The molecule has 2 N–H and O–H groups in total. The summed E-state index contributed by atoms with van der Waals surface area (Å²) in [6, 6.07) is 0. The van der Waals surface area contributed by atoms with Crippen LogP contribution in [0.5, 0.6) is 0 Å². The highest BCUT2D eigenvalue weighted by atomic mass is 16.5. The van der Waals surface area contributed by atoms with Gasteiger partial charge in [0.15, 0.2) is 0 Å². The van der Waals surface area contributed by atoms with Crippen LogP contribution in [0, 0.1) is 0 Å². The van der Waals surface area contributed by atoms with Gasteiger partial charge in [-0.1, -0.05) is 13.8 Å². The zero-order valence-electron chi connectivity index (χ0n) is 7.68. The molecule has 0 unspecified atom stereocenters. The molecule has 0 aromatic rings. The van der Waals surface area contributed by atoms with E-state index in [0.717, 1.165) is 26.2 Å². The Morgan fingerprint density at radius 2 is 1.82 bits per heavy atom. The summed E-state index contributed by atoms with van der Waals surface area (Å²) in [4.78, 5) is 2.33. The van der Waals surface area contributed by atoms with Crippen molar-refractivity contribution in [3.05, 3.63) is 0 Å². The average molecular weight is 160 g/mol. The number of nitrogens with two attached hydrogens (primary N) is 1. The number of nitrogens with zero attached hydrogens (tertiary/aromatic N) is 1. The molecule has 11 heavy (non-hydrogen) atoms. The Hall–Kier alpha value is -0.120. The fourth-order valence-corrected chi connectivity index (χ4v) is 0.919. The topological polar surface area (TPSA) is 38.5 Å². The van der Waals surface area contributed by atoms with Crippen molar-refractivity contribution in [2.24, 2.45) is 5.73 Å². The van der Waals surface area contributed by atoms with Crippen LogP contribution in [0.2, 0.25) is 0 Å². The minimum atomic E-state index is 0.623. The second kappa shape index (κ2) is 7.98. The monoisotopic (exact) mass is 160 g/mol. The molecule has 0 aliphatic rings. The van der Waals surface area contributed by atoms with Gasteiger partial charge >= 0.3 is 0 Å². The Morgan fingerprint density at radius 3 is 2.27 bits per heavy atom. The molecule has 0 aliphatic carbocycles. The number of rotatable bonds is 7. The van der Waals surface area contributed by atoms with E-state index in [4.69, 9.17) is 10.5 Å². The Labute approximate surface area is 69.5 Å². The maximum Gasteiger partial charge on any atom is 0.0594 e. The molecule has 0 aliphatic heterocycles. The summed E-state index contributed by atoms with van der Waals surface area (Å²) in [6.07, 6.45) is 0. The fourth-order valence-electron chi connectivity index (χ4n) is 0.919. The van der Waals surface area contributed by atoms with E-state index in [9.17, 15) is 0 Å². The van der Waals surface area contributed by atoms with Crippen molar-refractivity contribution in [2.45, 2.75) is 13.8 Å². The van der Waals surface area contributed by atoms with Gasteiger partial charge in [-0.3, -0.25) is 0 Å². The molecule has 0 saturated heterocycles. The molecule has 0 amide bonds. The lowest BCUT2D eigenvalue weighted by Gasteiger charge is -2.17. The summed E-state index contributed by atoms with van der Waals surface area (Å²) in [5, 5.41) is 0. The van der Waals surface area contributed by atoms with Gasteiger partial charge in [-0.15, -0.1) is 0 Å². The molecule has 0 aromatic carbocycles. The highest BCUT2D eigenvalue weighted by molar-refractivity contribution is 4.49. The standard InChI is InChI=1S/C8H20N2O/c1-3-10(4-2)6-8-11-7-5-9/h3-9H2,1-2H3. The van der Waals surface area contributed by atoms with Gasteiger partial charge in [-0.25, -0.2) is 0 Å². The van der Waals surface area contributed by atoms with Gasteiger partial charge in [0.25, 0.3) is 0 Å². The van der Waals surface area contributed by atoms with Gasteiger partial charge in [0.2, 0.25) is 0 Å². The van der Waals surface area contributed by atoms with Crippen LogP contribution in [0.3, 0.4) is 0 Å². The molecule has 3 nitrogen and oxygen atoms in total. The van der Waals surface area contributed by atoms with E-state index in [-0.39, 0.29) is 0 Å². The zero-order valence-corrected chi connectivity index (χ0v) is 7.68. The molecule has 3 heteroatoms. The first-order chi connectivity index (χ1) is 5.35. The predicted octanol–water partition coefficient (Wildman–Crippen LogP) is 0.304. The first-order valence-corrected chi connectivity index (χ1v) is 4.35.